The van der Waals surface area contributed by atoms with E-state index in [1.807, 2.05) is 0 Å². The molecule has 7 heteroatoms. The summed E-state index contributed by atoms with van der Waals surface area (Å²) in [5.41, 5.74) is 2.66. The topological polar surface area (TPSA) is 42.3 Å². The fourth-order valence-corrected chi connectivity index (χ4v) is 7.25. The van der Waals surface area contributed by atoms with E-state index in [1.54, 1.807) is 12.3 Å². The minimum atomic E-state index is -3.48. The number of hydrogen-bond donors (Lipinski definition) is 0. The molecular formula is C22H28ClFN2O2S. The van der Waals surface area contributed by atoms with E-state index in [0.717, 1.165) is 68.1 Å². The number of benzene rings is 1. The van der Waals surface area contributed by atoms with Gasteiger partial charge >= 0.3 is 0 Å². The second kappa shape index (κ2) is 8.05. The van der Waals surface area contributed by atoms with Crippen LogP contribution in [0.2, 0.25) is 0 Å². The molecule has 158 valence electrons. The van der Waals surface area contributed by atoms with Crippen molar-refractivity contribution in [1.29, 1.82) is 0 Å². The fourth-order valence-electron chi connectivity index (χ4n) is 5.31. The van der Waals surface area contributed by atoms with Gasteiger partial charge in [0, 0.05) is 29.7 Å². The minimum Gasteiger partial charge on any atom is -0.296 e. The Morgan fingerprint density at radius 2 is 1.83 bits per heavy atom. The van der Waals surface area contributed by atoms with Gasteiger partial charge in [-0.1, -0.05) is 25.3 Å². The highest BCUT2D eigenvalue weighted by Crippen LogP contribution is 2.38. The van der Waals surface area contributed by atoms with Crippen LogP contribution in [0.1, 0.15) is 56.9 Å². The number of rotatable bonds is 3. The van der Waals surface area contributed by atoms with E-state index in [1.165, 1.54) is 28.9 Å². The average Bonchev–Trinajstić information content (AvgIpc) is 3.32. The van der Waals surface area contributed by atoms with Crippen molar-refractivity contribution in [3.63, 3.8) is 0 Å². The molecule has 1 atom stereocenters. The van der Waals surface area contributed by atoms with E-state index in [0.29, 0.717) is 11.6 Å². The molecule has 2 aliphatic heterocycles. The zero-order valence-corrected chi connectivity index (χ0v) is 18.2. The molecular weight excluding hydrogens is 411 g/mol. The van der Waals surface area contributed by atoms with Crippen LogP contribution in [0.3, 0.4) is 0 Å². The van der Waals surface area contributed by atoms with Crippen LogP contribution in [0.15, 0.2) is 30.5 Å². The van der Waals surface area contributed by atoms with Crippen molar-refractivity contribution in [3.8, 4) is 0 Å². The van der Waals surface area contributed by atoms with Crippen molar-refractivity contribution in [3.05, 3.63) is 41.9 Å². The van der Waals surface area contributed by atoms with E-state index in [2.05, 4.69) is 11.0 Å². The van der Waals surface area contributed by atoms with E-state index in [-0.39, 0.29) is 23.5 Å². The lowest BCUT2D eigenvalue weighted by atomic mass is 9.94. The standard InChI is InChI=1S/C22H27FN2O2S.ClH/c23-17-8-9-22-20(14-17)21(16-10-12-24-11-4-5-18(24)13-16)15-25(22)28(26,27)19-6-2-1-3-7-19;/h8-10,14-15,18-19H,1-7,11-13H2;1H. The van der Waals surface area contributed by atoms with Gasteiger partial charge in [-0.05, 0) is 62.4 Å². The van der Waals surface area contributed by atoms with Crippen molar-refractivity contribution in [2.24, 2.45) is 0 Å². The van der Waals surface area contributed by atoms with Gasteiger partial charge in [-0.3, -0.25) is 4.90 Å². The second-order valence-electron chi connectivity index (χ2n) is 8.53. The van der Waals surface area contributed by atoms with Crippen molar-refractivity contribution in [2.75, 3.05) is 13.1 Å². The van der Waals surface area contributed by atoms with E-state index >= 15 is 0 Å². The van der Waals surface area contributed by atoms with Crippen LogP contribution in [0, 0.1) is 5.82 Å². The van der Waals surface area contributed by atoms with Gasteiger partial charge in [-0.15, -0.1) is 12.4 Å². The first-order chi connectivity index (χ1) is 13.5. The predicted octanol–water partition coefficient (Wildman–Crippen LogP) is 4.96. The molecule has 1 aromatic carbocycles. The minimum absolute atomic E-state index is 0. The van der Waals surface area contributed by atoms with Crippen LogP contribution in [0.25, 0.3) is 16.5 Å². The highest BCUT2D eigenvalue weighted by Gasteiger charge is 2.33. The second-order valence-corrected chi connectivity index (χ2v) is 10.6. The molecule has 1 aliphatic carbocycles. The molecule has 3 heterocycles. The van der Waals surface area contributed by atoms with Crippen LogP contribution in [0.5, 0.6) is 0 Å². The van der Waals surface area contributed by atoms with Crippen LogP contribution in [-0.2, 0) is 10.0 Å². The van der Waals surface area contributed by atoms with Crippen LogP contribution < -0.4 is 0 Å². The first-order valence-corrected chi connectivity index (χ1v) is 12.0. The molecule has 0 N–H and O–H groups in total. The van der Waals surface area contributed by atoms with E-state index in [4.69, 9.17) is 0 Å². The maximum atomic E-state index is 14.1. The normalized spacial score (nSPS) is 23.6. The molecule has 0 radical (unpaired) electrons. The van der Waals surface area contributed by atoms with Gasteiger partial charge in [-0.25, -0.2) is 16.8 Å². The smallest absolute Gasteiger partial charge is 0.241 e. The van der Waals surface area contributed by atoms with Gasteiger partial charge < -0.3 is 0 Å². The Morgan fingerprint density at radius 1 is 1.03 bits per heavy atom. The third kappa shape index (κ3) is 3.64. The van der Waals surface area contributed by atoms with E-state index < -0.39 is 10.0 Å². The fraction of sp³-hybridized carbons (Fsp3) is 0.545. The predicted molar refractivity (Wildman–Crippen MR) is 118 cm³/mol. The Labute approximate surface area is 178 Å². The Hall–Kier alpha value is -1.37. The lowest BCUT2D eigenvalue weighted by molar-refractivity contribution is 0.275. The molecule has 2 aromatic rings. The average molecular weight is 439 g/mol. The summed E-state index contributed by atoms with van der Waals surface area (Å²) in [6, 6.07) is 5.02. The summed E-state index contributed by atoms with van der Waals surface area (Å²) in [6.07, 6.45) is 11.8. The summed E-state index contributed by atoms with van der Waals surface area (Å²) in [7, 11) is -3.48. The first-order valence-electron chi connectivity index (χ1n) is 10.5. The zero-order chi connectivity index (χ0) is 19.3. The van der Waals surface area contributed by atoms with E-state index in [9.17, 15) is 12.8 Å². The molecule has 1 aromatic heterocycles. The molecule has 0 amide bonds. The summed E-state index contributed by atoms with van der Waals surface area (Å²) < 4.78 is 42.3. The summed E-state index contributed by atoms with van der Waals surface area (Å²) in [5, 5.41) is 0.387. The Bertz CT molecular complexity index is 1040. The molecule has 0 bridgehead atoms. The molecule has 2 fully saturated rings. The largest absolute Gasteiger partial charge is 0.296 e. The van der Waals surface area contributed by atoms with Crippen molar-refractivity contribution in [1.82, 2.24) is 8.87 Å². The van der Waals surface area contributed by atoms with Gasteiger partial charge in [0.05, 0.1) is 10.8 Å². The molecule has 1 unspecified atom stereocenters. The van der Waals surface area contributed by atoms with Gasteiger partial charge in [-0.2, -0.15) is 0 Å². The van der Waals surface area contributed by atoms with Gasteiger partial charge in [0.15, 0.2) is 0 Å². The highest BCUT2D eigenvalue weighted by atomic mass is 35.5. The Morgan fingerprint density at radius 3 is 2.62 bits per heavy atom. The maximum Gasteiger partial charge on any atom is 0.241 e. The molecule has 1 saturated carbocycles. The van der Waals surface area contributed by atoms with Gasteiger partial charge in [0.1, 0.15) is 5.82 Å². The molecule has 4 nitrogen and oxygen atoms in total. The summed E-state index contributed by atoms with van der Waals surface area (Å²) in [6.45, 7) is 2.04. The summed E-state index contributed by atoms with van der Waals surface area (Å²) >= 11 is 0. The Kier molecular flexibility index (Phi) is 5.79. The lowest BCUT2D eigenvalue weighted by Crippen LogP contribution is -2.32. The SMILES string of the molecule is Cl.O=S(=O)(C1CCCCC1)n1cc(C2=CCN3CCCC3C2)c2cc(F)ccc21. The molecule has 29 heavy (non-hydrogen) atoms. The van der Waals surface area contributed by atoms with Crippen molar-refractivity contribution in [2.45, 2.75) is 62.7 Å². The number of hydrogen-bond acceptors (Lipinski definition) is 3. The molecule has 3 aliphatic rings. The summed E-state index contributed by atoms with van der Waals surface area (Å²) in [5.74, 6) is -0.319. The van der Waals surface area contributed by atoms with Gasteiger partial charge in [0.2, 0.25) is 10.0 Å². The Balaban J connectivity index is 0.00000205. The first kappa shape index (κ1) is 20.9. The molecule has 0 spiro atoms. The quantitative estimate of drug-likeness (QED) is 0.679. The zero-order valence-electron chi connectivity index (χ0n) is 16.5. The monoisotopic (exact) mass is 438 g/mol. The van der Waals surface area contributed by atoms with Crippen LogP contribution >= 0.6 is 12.4 Å². The third-order valence-corrected chi connectivity index (χ3v) is 9.02. The van der Waals surface area contributed by atoms with Gasteiger partial charge in [0.25, 0.3) is 0 Å². The molecule has 1 saturated heterocycles. The number of nitrogens with zero attached hydrogens (tertiary/aromatic N) is 2. The highest BCUT2D eigenvalue weighted by molar-refractivity contribution is 7.90. The van der Waals surface area contributed by atoms with Crippen molar-refractivity contribution >= 4 is 38.9 Å². The number of halogens is 2. The van der Waals surface area contributed by atoms with Crippen molar-refractivity contribution < 1.29 is 12.8 Å². The molecule has 5 rings (SSSR count). The van der Waals surface area contributed by atoms with Crippen LogP contribution in [0.4, 0.5) is 4.39 Å². The number of fused-ring (bicyclic) bond motifs is 2. The summed E-state index contributed by atoms with van der Waals surface area (Å²) in [4.78, 5) is 2.49. The van der Waals surface area contributed by atoms with Crippen LogP contribution in [-0.4, -0.2) is 41.7 Å². The third-order valence-electron chi connectivity index (χ3n) is 6.85. The lowest BCUT2D eigenvalue weighted by Gasteiger charge is -2.29. The number of aromatic nitrogens is 1. The maximum absolute atomic E-state index is 14.1.